The lowest BCUT2D eigenvalue weighted by atomic mass is 10.1. The molecule has 0 spiro atoms. The van der Waals surface area contributed by atoms with E-state index < -0.39 is 11.7 Å². The van der Waals surface area contributed by atoms with Crippen LogP contribution in [0.5, 0.6) is 11.5 Å². The van der Waals surface area contributed by atoms with Crippen molar-refractivity contribution in [3.8, 4) is 17.6 Å². The Kier molecular flexibility index (Phi) is 7.18. The molecule has 0 radical (unpaired) electrons. The molecule has 0 saturated carbocycles. The van der Waals surface area contributed by atoms with E-state index >= 15 is 0 Å². The minimum atomic E-state index is -0.865. The number of rotatable bonds is 7. The maximum Gasteiger partial charge on any atom is 0.257 e. The van der Waals surface area contributed by atoms with Crippen LogP contribution in [-0.4, -0.2) is 32.6 Å². The van der Waals surface area contributed by atoms with E-state index in [1.54, 1.807) is 6.07 Å². The van der Waals surface area contributed by atoms with E-state index in [0.29, 0.717) is 11.1 Å². The fourth-order valence-electron chi connectivity index (χ4n) is 2.24. The third-order valence-electron chi connectivity index (χ3n) is 3.76. The summed E-state index contributed by atoms with van der Waals surface area (Å²) in [6.07, 6.45) is 0. The Morgan fingerprint density at radius 1 is 1.29 bits per heavy atom. The van der Waals surface area contributed by atoms with Crippen molar-refractivity contribution in [3.63, 3.8) is 0 Å². The fourth-order valence-corrected chi connectivity index (χ4v) is 2.45. The number of hydrogen-bond donors (Lipinski definition) is 2. The smallest absolute Gasteiger partial charge is 0.257 e. The first-order valence-electron chi connectivity index (χ1n) is 8.07. The van der Waals surface area contributed by atoms with Crippen LogP contribution in [0.2, 0.25) is 5.02 Å². The van der Waals surface area contributed by atoms with E-state index in [2.05, 4.69) is 10.6 Å². The lowest BCUT2D eigenvalue weighted by Crippen LogP contribution is -2.26. The lowest BCUT2D eigenvalue weighted by molar-refractivity contribution is -0.122. The number of hydrogen-bond acceptors (Lipinski definition) is 5. The van der Waals surface area contributed by atoms with Gasteiger partial charge in [0.05, 0.1) is 29.3 Å². The molecule has 0 aromatic heterocycles. The molecule has 0 atom stereocenters. The summed E-state index contributed by atoms with van der Waals surface area (Å²) in [5, 5.41) is 13.8. The Morgan fingerprint density at radius 2 is 2.04 bits per heavy atom. The Balaban J connectivity index is 2.20. The van der Waals surface area contributed by atoms with Gasteiger partial charge >= 0.3 is 0 Å². The standard InChI is InChI=1S/C19H17ClFN3O4/c1-23-17(25)10-28-16-5-11(8-22)3-4-12(16)9-24-19(26)14-6-13(27-2)7-15(20)18(14)21/h3-7H,9-10H2,1-2H3,(H,23,25)(H,24,26). The predicted molar refractivity (Wildman–Crippen MR) is 99.9 cm³/mol. The van der Waals surface area contributed by atoms with E-state index in [1.165, 1.54) is 38.4 Å². The molecule has 0 unspecified atom stereocenters. The molecular weight excluding hydrogens is 389 g/mol. The minimum absolute atomic E-state index is 0.0259. The first-order valence-corrected chi connectivity index (χ1v) is 8.45. The molecule has 9 heteroatoms. The number of carbonyl (C=O) groups is 2. The number of nitrogens with zero attached hydrogens (tertiary/aromatic N) is 1. The van der Waals surface area contributed by atoms with E-state index in [0.717, 1.165) is 0 Å². The van der Waals surface area contributed by atoms with Gasteiger partial charge in [-0.25, -0.2) is 4.39 Å². The highest BCUT2D eigenvalue weighted by atomic mass is 35.5. The summed E-state index contributed by atoms with van der Waals surface area (Å²) in [5.41, 5.74) is 0.559. The third-order valence-corrected chi connectivity index (χ3v) is 4.03. The Morgan fingerprint density at radius 3 is 2.68 bits per heavy atom. The molecular formula is C19H17ClFN3O4. The molecule has 2 aromatic carbocycles. The molecule has 2 aromatic rings. The first-order chi connectivity index (χ1) is 13.4. The van der Waals surface area contributed by atoms with Crippen LogP contribution < -0.4 is 20.1 Å². The van der Waals surface area contributed by atoms with Crippen LogP contribution in [0.4, 0.5) is 4.39 Å². The van der Waals surface area contributed by atoms with E-state index in [9.17, 15) is 14.0 Å². The summed E-state index contributed by atoms with van der Waals surface area (Å²) in [5.74, 6) is -1.43. The van der Waals surface area contributed by atoms with Gasteiger partial charge in [0.25, 0.3) is 11.8 Å². The number of likely N-dealkylation sites (N-methyl/N-ethyl adjacent to an activating group) is 1. The number of amides is 2. The molecule has 0 bridgehead atoms. The monoisotopic (exact) mass is 405 g/mol. The van der Waals surface area contributed by atoms with Gasteiger partial charge in [-0.1, -0.05) is 17.7 Å². The van der Waals surface area contributed by atoms with Gasteiger partial charge in [0.2, 0.25) is 0 Å². The lowest BCUT2D eigenvalue weighted by Gasteiger charge is -2.13. The number of methoxy groups -OCH3 is 1. The zero-order chi connectivity index (χ0) is 20.7. The molecule has 0 saturated heterocycles. The molecule has 28 heavy (non-hydrogen) atoms. The van der Waals surface area contributed by atoms with Gasteiger partial charge in [-0.15, -0.1) is 0 Å². The normalized spacial score (nSPS) is 9.96. The minimum Gasteiger partial charge on any atom is -0.497 e. The first kappa shape index (κ1) is 21.0. The van der Waals surface area contributed by atoms with Crippen molar-refractivity contribution in [2.24, 2.45) is 0 Å². The van der Waals surface area contributed by atoms with Crippen LogP contribution in [0.3, 0.4) is 0 Å². The highest BCUT2D eigenvalue weighted by molar-refractivity contribution is 6.31. The van der Waals surface area contributed by atoms with E-state index in [-0.39, 0.29) is 41.1 Å². The van der Waals surface area contributed by atoms with Gasteiger partial charge < -0.3 is 20.1 Å². The number of benzene rings is 2. The number of halogens is 2. The molecule has 7 nitrogen and oxygen atoms in total. The molecule has 2 amide bonds. The van der Waals surface area contributed by atoms with Gasteiger partial charge in [-0.05, 0) is 18.2 Å². The summed E-state index contributed by atoms with van der Waals surface area (Å²) in [4.78, 5) is 23.8. The summed E-state index contributed by atoms with van der Waals surface area (Å²) in [6, 6.07) is 9.03. The van der Waals surface area contributed by atoms with Crippen molar-refractivity contribution < 1.29 is 23.5 Å². The summed E-state index contributed by atoms with van der Waals surface area (Å²) >= 11 is 5.78. The second-order valence-corrected chi connectivity index (χ2v) is 5.96. The Hall–Kier alpha value is -3.31. The average molecular weight is 406 g/mol. The number of nitriles is 1. The SMILES string of the molecule is CNC(=O)COc1cc(C#N)ccc1CNC(=O)c1cc(OC)cc(Cl)c1F. The number of carbonyl (C=O) groups excluding carboxylic acids is 2. The molecule has 2 N–H and O–H groups in total. The van der Waals surface area contributed by atoms with Crippen LogP contribution in [0.25, 0.3) is 0 Å². The van der Waals surface area contributed by atoms with Gasteiger partial charge in [0.1, 0.15) is 11.5 Å². The fraction of sp³-hybridized carbons (Fsp3) is 0.211. The van der Waals surface area contributed by atoms with E-state index in [4.69, 9.17) is 26.3 Å². The zero-order valence-corrected chi connectivity index (χ0v) is 15.9. The highest BCUT2D eigenvalue weighted by Gasteiger charge is 2.17. The highest BCUT2D eigenvalue weighted by Crippen LogP contribution is 2.26. The molecule has 0 aliphatic heterocycles. The molecule has 2 rings (SSSR count). The zero-order valence-electron chi connectivity index (χ0n) is 15.1. The second kappa shape index (κ2) is 9.58. The molecule has 0 heterocycles. The van der Waals surface area contributed by atoms with Crippen LogP contribution >= 0.6 is 11.6 Å². The Bertz CT molecular complexity index is 944. The van der Waals surface area contributed by atoms with Crippen molar-refractivity contribution in [3.05, 3.63) is 57.9 Å². The topological polar surface area (TPSA) is 100 Å². The van der Waals surface area contributed by atoms with Crippen molar-refractivity contribution >= 4 is 23.4 Å². The van der Waals surface area contributed by atoms with Gasteiger partial charge in [0, 0.05) is 25.2 Å². The van der Waals surface area contributed by atoms with Crippen molar-refractivity contribution in [2.75, 3.05) is 20.8 Å². The van der Waals surface area contributed by atoms with Crippen LogP contribution in [0.1, 0.15) is 21.5 Å². The van der Waals surface area contributed by atoms with Crippen molar-refractivity contribution in [1.82, 2.24) is 10.6 Å². The Labute approximate surface area is 166 Å². The average Bonchev–Trinajstić information content (AvgIpc) is 2.72. The number of ether oxygens (including phenoxy) is 2. The molecule has 146 valence electrons. The van der Waals surface area contributed by atoms with Crippen LogP contribution in [-0.2, 0) is 11.3 Å². The van der Waals surface area contributed by atoms with Gasteiger partial charge in [-0.3, -0.25) is 9.59 Å². The van der Waals surface area contributed by atoms with Crippen molar-refractivity contribution in [2.45, 2.75) is 6.54 Å². The molecule has 0 fully saturated rings. The second-order valence-electron chi connectivity index (χ2n) is 5.55. The third kappa shape index (κ3) is 5.11. The largest absolute Gasteiger partial charge is 0.497 e. The molecule has 0 aliphatic rings. The maximum atomic E-state index is 14.2. The van der Waals surface area contributed by atoms with Gasteiger partial charge in [-0.2, -0.15) is 5.26 Å². The quantitative estimate of drug-likeness (QED) is 0.736. The molecule has 0 aliphatic carbocycles. The summed E-state index contributed by atoms with van der Waals surface area (Å²) in [7, 11) is 2.84. The van der Waals surface area contributed by atoms with Crippen LogP contribution in [0.15, 0.2) is 30.3 Å². The summed E-state index contributed by atoms with van der Waals surface area (Å²) < 4.78 is 24.6. The number of nitrogens with one attached hydrogen (secondary N) is 2. The predicted octanol–water partition coefficient (Wildman–Crippen LogP) is 2.41. The van der Waals surface area contributed by atoms with Crippen molar-refractivity contribution in [1.29, 1.82) is 5.26 Å². The van der Waals surface area contributed by atoms with E-state index in [1.807, 2.05) is 6.07 Å². The van der Waals surface area contributed by atoms with Gasteiger partial charge in [0.15, 0.2) is 12.4 Å². The summed E-state index contributed by atoms with van der Waals surface area (Å²) in [6.45, 7) is -0.283. The van der Waals surface area contributed by atoms with Crippen LogP contribution in [0, 0.1) is 17.1 Å². The maximum absolute atomic E-state index is 14.2.